The molecule has 2 aromatic rings. The molecule has 1 aliphatic rings. The number of hydrogen-bond donors (Lipinski definition) is 3. The fourth-order valence-corrected chi connectivity index (χ4v) is 3.44. The Morgan fingerprint density at radius 3 is 2.17 bits per heavy atom. The first-order valence-corrected chi connectivity index (χ1v) is 9.71. The molecule has 0 saturated heterocycles. The third-order valence-corrected chi connectivity index (χ3v) is 4.76. The maximum absolute atomic E-state index is 12.0. The molecule has 2 amide bonds. The van der Waals surface area contributed by atoms with Gasteiger partial charge in [-0.2, -0.15) is 0 Å². The second-order valence-corrected chi connectivity index (χ2v) is 6.80. The number of fused-ring (bicyclic) bond motifs is 3. The molecule has 0 radical (unpaired) electrons. The van der Waals surface area contributed by atoms with Crippen molar-refractivity contribution >= 4 is 18.0 Å². The van der Waals surface area contributed by atoms with Gasteiger partial charge in [-0.05, 0) is 22.3 Å². The van der Waals surface area contributed by atoms with Crippen molar-refractivity contribution in [2.45, 2.75) is 12.3 Å². The van der Waals surface area contributed by atoms with E-state index in [1.807, 2.05) is 36.4 Å². The van der Waals surface area contributed by atoms with Crippen molar-refractivity contribution in [1.82, 2.24) is 10.6 Å². The number of nitrogens with one attached hydrogen (secondary N) is 2. The molecule has 1 aliphatic carbocycles. The van der Waals surface area contributed by atoms with Gasteiger partial charge in [-0.25, -0.2) is 9.59 Å². The minimum atomic E-state index is -1.06. The quantitative estimate of drug-likeness (QED) is 0.515. The van der Waals surface area contributed by atoms with Gasteiger partial charge in [-0.1, -0.05) is 48.5 Å². The van der Waals surface area contributed by atoms with Crippen LogP contribution >= 0.6 is 0 Å². The number of hydrogen-bond acceptors (Lipinski definition) is 5. The van der Waals surface area contributed by atoms with Gasteiger partial charge in [0.1, 0.15) is 13.2 Å². The standard InChI is InChI=1S/C22H24N2O6/c25-20(23-11-12-29-14-21(26)27)9-10-24-22(28)30-13-19-17-7-3-1-5-15(17)16-6-2-4-8-18(16)19/h1-8,19H,9-14H2,(H,23,25)(H,24,28)(H,26,27). The Morgan fingerprint density at radius 1 is 0.900 bits per heavy atom. The largest absolute Gasteiger partial charge is 0.480 e. The van der Waals surface area contributed by atoms with E-state index in [0.717, 1.165) is 22.3 Å². The summed E-state index contributed by atoms with van der Waals surface area (Å²) in [5.74, 6) is -1.35. The number of carboxylic acids is 1. The number of ether oxygens (including phenoxy) is 2. The Morgan fingerprint density at radius 2 is 1.53 bits per heavy atom. The molecule has 30 heavy (non-hydrogen) atoms. The van der Waals surface area contributed by atoms with Crippen LogP contribution in [0.2, 0.25) is 0 Å². The first kappa shape index (κ1) is 21.3. The van der Waals surface area contributed by atoms with E-state index in [1.54, 1.807) is 0 Å². The SMILES string of the molecule is O=C(O)COCCNC(=O)CCNC(=O)OCC1c2ccccc2-c2ccccc21. The lowest BCUT2D eigenvalue weighted by atomic mass is 9.98. The molecule has 8 nitrogen and oxygen atoms in total. The molecule has 0 aliphatic heterocycles. The minimum absolute atomic E-state index is 0.0164. The second-order valence-electron chi connectivity index (χ2n) is 6.80. The van der Waals surface area contributed by atoms with Crippen molar-refractivity contribution in [3.8, 4) is 11.1 Å². The Hall–Kier alpha value is -3.39. The van der Waals surface area contributed by atoms with Gasteiger partial charge in [0.2, 0.25) is 5.91 Å². The highest BCUT2D eigenvalue weighted by molar-refractivity contribution is 5.79. The third-order valence-electron chi connectivity index (χ3n) is 4.76. The van der Waals surface area contributed by atoms with E-state index in [2.05, 4.69) is 22.8 Å². The van der Waals surface area contributed by atoms with Crippen molar-refractivity contribution < 1.29 is 29.0 Å². The lowest BCUT2D eigenvalue weighted by Crippen LogP contribution is -2.33. The summed E-state index contributed by atoms with van der Waals surface area (Å²) in [6.45, 7) is 0.263. The number of carbonyl (C=O) groups excluding carboxylic acids is 2. The fourth-order valence-electron chi connectivity index (χ4n) is 3.44. The van der Waals surface area contributed by atoms with Gasteiger partial charge in [0, 0.05) is 25.4 Å². The van der Waals surface area contributed by atoms with Crippen LogP contribution in [0.3, 0.4) is 0 Å². The highest BCUT2D eigenvalue weighted by atomic mass is 16.5. The van der Waals surface area contributed by atoms with Gasteiger partial charge in [0.15, 0.2) is 0 Å². The summed E-state index contributed by atoms with van der Waals surface area (Å²) in [5.41, 5.74) is 4.59. The van der Waals surface area contributed by atoms with Crippen molar-refractivity contribution in [2.75, 3.05) is 32.9 Å². The molecule has 8 heteroatoms. The summed E-state index contributed by atoms with van der Waals surface area (Å²) in [6.07, 6.45) is -0.488. The van der Waals surface area contributed by atoms with Crippen LogP contribution in [0.5, 0.6) is 0 Å². The number of alkyl carbamates (subject to hydrolysis) is 1. The van der Waals surface area contributed by atoms with Gasteiger partial charge in [-0.15, -0.1) is 0 Å². The Bertz CT molecular complexity index is 869. The normalized spacial score (nSPS) is 12.0. The topological polar surface area (TPSA) is 114 Å². The number of rotatable bonds is 10. The summed E-state index contributed by atoms with van der Waals surface area (Å²) in [6, 6.07) is 16.2. The zero-order chi connectivity index (χ0) is 21.3. The average Bonchev–Trinajstić information content (AvgIpc) is 3.05. The molecule has 158 valence electrons. The van der Waals surface area contributed by atoms with Crippen molar-refractivity contribution in [3.63, 3.8) is 0 Å². The lowest BCUT2D eigenvalue weighted by Gasteiger charge is -2.14. The van der Waals surface area contributed by atoms with E-state index < -0.39 is 18.7 Å². The number of carbonyl (C=O) groups is 3. The molecule has 0 spiro atoms. The highest BCUT2D eigenvalue weighted by Crippen LogP contribution is 2.44. The molecule has 0 heterocycles. The van der Waals surface area contributed by atoms with Crippen LogP contribution in [0, 0.1) is 0 Å². The highest BCUT2D eigenvalue weighted by Gasteiger charge is 2.28. The predicted molar refractivity (Wildman–Crippen MR) is 109 cm³/mol. The van der Waals surface area contributed by atoms with Gasteiger partial charge in [0.25, 0.3) is 0 Å². The van der Waals surface area contributed by atoms with Crippen LogP contribution in [-0.2, 0) is 19.1 Å². The van der Waals surface area contributed by atoms with Crippen LogP contribution in [0.1, 0.15) is 23.5 Å². The van der Waals surface area contributed by atoms with Crippen LogP contribution in [0.15, 0.2) is 48.5 Å². The Kier molecular flexibility index (Phi) is 7.40. The monoisotopic (exact) mass is 412 g/mol. The lowest BCUT2D eigenvalue weighted by molar-refractivity contribution is -0.142. The van der Waals surface area contributed by atoms with Crippen LogP contribution < -0.4 is 10.6 Å². The van der Waals surface area contributed by atoms with E-state index in [1.165, 1.54) is 0 Å². The Labute approximate surface area is 174 Å². The molecule has 3 N–H and O–H groups in total. The fraction of sp³-hybridized carbons (Fsp3) is 0.318. The van der Waals surface area contributed by atoms with E-state index >= 15 is 0 Å². The predicted octanol–water partition coefficient (Wildman–Crippen LogP) is 2.13. The first-order chi connectivity index (χ1) is 14.6. The summed E-state index contributed by atoms with van der Waals surface area (Å²) < 4.78 is 10.2. The zero-order valence-electron chi connectivity index (χ0n) is 16.4. The number of amides is 2. The minimum Gasteiger partial charge on any atom is -0.480 e. The molecule has 0 saturated carbocycles. The van der Waals surface area contributed by atoms with Gasteiger partial charge < -0.3 is 25.2 Å². The molecule has 0 aromatic heterocycles. The van der Waals surface area contributed by atoms with Crippen molar-refractivity contribution in [1.29, 1.82) is 0 Å². The van der Waals surface area contributed by atoms with Crippen molar-refractivity contribution in [2.24, 2.45) is 0 Å². The number of aliphatic carboxylic acids is 1. The molecule has 0 unspecified atom stereocenters. The van der Waals surface area contributed by atoms with Gasteiger partial charge in [0.05, 0.1) is 6.61 Å². The smallest absolute Gasteiger partial charge is 0.407 e. The molecule has 0 bridgehead atoms. The number of benzene rings is 2. The maximum atomic E-state index is 12.0. The van der Waals surface area contributed by atoms with E-state index in [4.69, 9.17) is 14.6 Å². The first-order valence-electron chi connectivity index (χ1n) is 9.71. The van der Waals surface area contributed by atoms with Gasteiger partial charge in [-0.3, -0.25) is 4.79 Å². The molecule has 0 atom stereocenters. The molecule has 3 rings (SSSR count). The summed E-state index contributed by atoms with van der Waals surface area (Å²) >= 11 is 0. The second kappa shape index (κ2) is 10.4. The summed E-state index contributed by atoms with van der Waals surface area (Å²) in [4.78, 5) is 34.0. The molecule has 2 aromatic carbocycles. The van der Waals surface area contributed by atoms with Crippen LogP contribution in [0.25, 0.3) is 11.1 Å². The van der Waals surface area contributed by atoms with E-state index in [9.17, 15) is 14.4 Å². The van der Waals surface area contributed by atoms with Gasteiger partial charge >= 0.3 is 12.1 Å². The maximum Gasteiger partial charge on any atom is 0.407 e. The summed E-state index contributed by atoms with van der Waals surface area (Å²) in [5, 5.41) is 13.6. The van der Waals surface area contributed by atoms with Crippen LogP contribution in [-0.4, -0.2) is 56.0 Å². The summed E-state index contributed by atoms with van der Waals surface area (Å²) in [7, 11) is 0. The van der Waals surface area contributed by atoms with E-state index in [-0.39, 0.29) is 44.5 Å². The molecule has 0 fully saturated rings. The zero-order valence-corrected chi connectivity index (χ0v) is 16.4. The molecular weight excluding hydrogens is 388 g/mol. The van der Waals surface area contributed by atoms with Crippen molar-refractivity contribution in [3.05, 3.63) is 59.7 Å². The Balaban J connectivity index is 1.38. The molecular formula is C22H24N2O6. The van der Waals surface area contributed by atoms with Crippen LogP contribution in [0.4, 0.5) is 4.79 Å². The third kappa shape index (κ3) is 5.57. The number of carboxylic acid groups (broad SMARTS) is 1. The average molecular weight is 412 g/mol. The van der Waals surface area contributed by atoms with E-state index in [0.29, 0.717) is 0 Å².